The molecule has 3 nitrogen and oxygen atoms in total. The molecule has 118 valence electrons. The standard InChI is InChI=1S/C22H14N2O/c25-22-21(18-11-5-7-13-20(18)24-22)23-19-12-6-4-10-17(19)15-14-16-8-2-1-3-9-16/h1-13H,(H,23,24,25). The topological polar surface area (TPSA) is 41.5 Å². The highest BCUT2D eigenvalue weighted by atomic mass is 16.2. The van der Waals surface area contributed by atoms with Crippen molar-refractivity contribution in [2.24, 2.45) is 4.99 Å². The molecule has 1 heterocycles. The molecule has 0 atom stereocenters. The van der Waals surface area contributed by atoms with Crippen LogP contribution in [-0.2, 0) is 4.79 Å². The van der Waals surface area contributed by atoms with E-state index in [0.29, 0.717) is 11.4 Å². The largest absolute Gasteiger partial charge is 0.320 e. The number of hydrogen-bond acceptors (Lipinski definition) is 2. The van der Waals surface area contributed by atoms with Crippen LogP contribution < -0.4 is 5.32 Å². The van der Waals surface area contributed by atoms with Gasteiger partial charge >= 0.3 is 0 Å². The monoisotopic (exact) mass is 322 g/mol. The van der Waals surface area contributed by atoms with Gasteiger partial charge in [0.25, 0.3) is 5.91 Å². The number of aliphatic imine (C=N–C) groups is 1. The van der Waals surface area contributed by atoms with Crippen molar-refractivity contribution in [3.63, 3.8) is 0 Å². The lowest BCUT2D eigenvalue weighted by Crippen LogP contribution is -2.14. The maximum atomic E-state index is 12.2. The number of carbonyl (C=O) groups is 1. The second kappa shape index (κ2) is 6.46. The van der Waals surface area contributed by atoms with Crippen LogP contribution >= 0.6 is 0 Å². The van der Waals surface area contributed by atoms with E-state index in [2.05, 4.69) is 22.2 Å². The van der Waals surface area contributed by atoms with Crippen LogP contribution in [0.15, 0.2) is 83.9 Å². The van der Waals surface area contributed by atoms with E-state index < -0.39 is 0 Å². The van der Waals surface area contributed by atoms with Crippen molar-refractivity contribution < 1.29 is 4.79 Å². The van der Waals surface area contributed by atoms with Crippen molar-refractivity contribution in [1.29, 1.82) is 0 Å². The zero-order chi connectivity index (χ0) is 17.1. The van der Waals surface area contributed by atoms with E-state index in [1.165, 1.54) is 0 Å². The summed E-state index contributed by atoms with van der Waals surface area (Å²) in [6, 6.07) is 24.9. The van der Waals surface area contributed by atoms with Crippen LogP contribution in [0.3, 0.4) is 0 Å². The molecule has 0 unspecified atom stereocenters. The molecule has 0 saturated heterocycles. The van der Waals surface area contributed by atoms with Gasteiger partial charge in [-0.25, -0.2) is 4.99 Å². The summed E-state index contributed by atoms with van der Waals surface area (Å²) in [5, 5.41) is 2.84. The first-order valence-electron chi connectivity index (χ1n) is 7.97. The quantitative estimate of drug-likeness (QED) is 0.672. The van der Waals surface area contributed by atoms with Gasteiger partial charge in [0.1, 0.15) is 5.71 Å². The van der Waals surface area contributed by atoms with E-state index in [0.717, 1.165) is 22.4 Å². The van der Waals surface area contributed by atoms with Crippen molar-refractivity contribution >= 4 is 23.0 Å². The molecule has 4 rings (SSSR count). The zero-order valence-electron chi connectivity index (χ0n) is 13.4. The van der Waals surface area contributed by atoms with E-state index in [1.54, 1.807) is 0 Å². The Labute approximate surface area is 146 Å². The van der Waals surface area contributed by atoms with Gasteiger partial charge in [-0.2, -0.15) is 0 Å². The van der Waals surface area contributed by atoms with E-state index >= 15 is 0 Å². The van der Waals surface area contributed by atoms with Crippen molar-refractivity contribution in [3.05, 3.63) is 95.6 Å². The van der Waals surface area contributed by atoms with Crippen LogP contribution in [0.1, 0.15) is 16.7 Å². The Morgan fingerprint density at radius 1 is 0.760 bits per heavy atom. The van der Waals surface area contributed by atoms with Gasteiger partial charge in [0.15, 0.2) is 0 Å². The highest BCUT2D eigenvalue weighted by Gasteiger charge is 2.25. The second-order valence-corrected chi connectivity index (χ2v) is 5.59. The molecule has 1 amide bonds. The highest BCUT2D eigenvalue weighted by molar-refractivity contribution is 6.54. The van der Waals surface area contributed by atoms with Gasteiger partial charge in [-0.15, -0.1) is 0 Å². The number of amides is 1. The summed E-state index contributed by atoms with van der Waals surface area (Å²) in [4.78, 5) is 16.8. The Kier molecular flexibility index (Phi) is 3.86. The highest BCUT2D eigenvalue weighted by Crippen LogP contribution is 2.26. The fourth-order valence-corrected chi connectivity index (χ4v) is 2.67. The summed E-state index contributed by atoms with van der Waals surface area (Å²) in [5.74, 6) is 6.10. The van der Waals surface area contributed by atoms with E-state index in [4.69, 9.17) is 0 Å². The first-order chi connectivity index (χ1) is 12.3. The molecule has 1 N–H and O–H groups in total. The minimum absolute atomic E-state index is 0.188. The zero-order valence-corrected chi connectivity index (χ0v) is 13.4. The molecular weight excluding hydrogens is 308 g/mol. The molecule has 3 aromatic rings. The van der Waals surface area contributed by atoms with Crippen molar-refractivity contribution in [2.75, 3.05) is 5.32 Å². The predicted octanol–water partition coefficient (Wildman–Crippen LogP) is 4.16. The molecule has 0 radical (unpaired) electrons. The van der Waals surface area contributed by atoms with E-state index in [1.807, 2.05) is 78.9 Å². The van der Waals surface area contributed by atoms with Crippen LogP contribution in [0.25, 0.3) is 0 Å². The summed E-state index contributed by atoms with van der Waals surface area (Å²) < 4.78 is 0. The Bertz CT molecular complexity index is 1040. The average molecular weight is 322 g/mol. The molecular formula is C22H14N2O. The predicted molar refractivity (Wildman–Crippen MR) is 100 cm³/mol. The van der Waals surface area contributed by atoms with Crippen LogP contribution in [0.4, 0.5) is 11.4 Å². The maximum Gasteiger partial charge on any atom is 0.275 e. The van der Waals surface area contributed by atoms with Crippen molar-refractivity contribution in [1.82, 2.24) is 0 Å². The molecule has 25 heavy (non-hydrogen) atoms. The average Bonchev–Trinajstić information content (AvgIpc) is 2.97. The third kappa shape index (κ3) is 3.06. The molecule has 0 bridgehead atoms. The van der Waals surface area contributed by atoms with Crippen LogP contribution in [0.2, 0.25) is 0 Å². The molecule has 0 aromatic heterocycles. The number of anilines is 1. The maximum absolute atomic E-state index is 12.2. The number of rotatable bonds is 1. The molecule has 0 aliphatic carbocycles. The summed E-state index contributed by atoms with van der Waals surface area (Å²) in [6.07, 6.45) is 0. The number of fused-ring (bicyclic) bond motifs is 1. The van der Waals surface area contributed by atoms with Gasteiger partial charge in [-0.1, -0.05) is 60.4 Å². The van der Waals surface area contributed by atoms with E-state index in [9.17, 15) is 4.79 Å². The Hall–Kier alpha value is -3.64. The number of nitrogens with one attached hydrogen (secondary N) is 1. The van der Waals surface area contributed by atoms with Gasteiger partial charge in [0.2, 0.25) is 0 Å². The normalized spacial score (nSPS) is 13.8. The molecule has 3 heteroatoms. The number of benzene rings is 3. The minimum Gasteiger partial charge on any atom is -0.320 e. The molecule has 3 aromatic carbocycles. The summed E-state index contributed by atoms with van der Waals surface area (Å²) in [6.45, 7) is 0. The lowest BCUT2D eigenvalue weighted by atomic mass is 10.1. The summed E-state index contributed by atoms with van der Waals surface area (Å²) in [5.41, 5.74) is 4.44. The van der Waals surface area contributed by atoms with Gasteiger partial charge in [0.05, 0.1) is 16.9 Å². The lowest BCUT2D eigenvalue weighted by molar-refractivity contribution is -0.110. The number of nitrogens with zero attached hydrogens (tertiary/aromatic N) is 1. The Morgan fingerprint density at radius 3 is 2.36 bits per heavy atom. The number of carbonyl (C=O) groups excluding carboxylic acids is 1. The van der Waals surface area contributed by atoms with Gasteiger partial charge in [0, 0.05) is 11.1 Å². The number of para-hydroxylation sites is 2. The molecule has 1 aliphatic heterocycles. The molecule has 0 fully saturated rings. The molecule has 1 aliphatic rings. The first kappa shape index (κ1) is 14.9. The fraction of sp³-hybridized carbons (Fsp3) is 0. The summed E-state index contributed by atoms with van der Waals surface area (Å²) >= 11 is 0. The molecule has 0 spiro atoms. The van der Waals surface area contributed by atoms with Gasteiger partial charge in [-0.05, 0) is 30.3 Å². The van der Waals surface area contributed by atoms with Crippen LogP contribution in [0, 0.1) is 11.8 Å². The smallest absolute Gasteiger partial charge is 0.275 e. The number of hydrogen-bond donors (Lipinski definition) is 1. The second-order valence-electron chi connectivity index (χ2n) is 5.59. The SMILES string of the molecule is O=C1Nc2ccccc2C1=Nc1ccccc1C#Cc1ccccc1. The van der Waals surface area contributed by atoms with E-state index in [-0.39, 0.29) is 5.91 Å². The van der Waals surface area contributed by atoms with Crippen LogP contribution in [-0.4, -0.2) is 11.6 Å². The third-order valence-corrected chi connectivity index (χ3v) is 3.90. The van der Waals surface area contributed by atoms with Crippen LogP contribution in [0.5, 0.6) is 0 Å². The summed E-state index contributed by atoms with van der Waals surface area (Å²) in [7, 11) is 0. The van der Waals surface area contributed by atoms with Gasteiger partial charge in [-0.3, -0.25) is 4.79 Å². The first-order valence-corrected chi connectivity index (χ1v) is 7.97. The third-order valence-electron chi connectivity index (χ3n) is 3.90. The van der Waals surface area contributed by atoms with Crippen molar-refractivity contribution in [3.8, 4) is 11.8 Å². The Morgan fingerprint density at radius 2 is 1.48 bits per heavy atom. The van der Waals surface area contributed by atoms with Gasteiger partial charge < -0.3 is 5.32 Å². The lowest BCUT2D eigenvalue weighted by Gasteiger charge is -2.00. The Balaban J connectivity index is 1.76. The fourth-order valence-electron chi connectivity index (χ4n) is 2.67. The van der Waals surface area contributed by atoms with Crippen molar-refractivity contribution in [2.45, 2.75) is 0 Å². The molecule has 0 saturated carbocycles. The minimum atomic E-state index is -0.188.